The van der Waals surface area contributed by atoms with Crippen molar-refractivity contribution in [2.24, 2.45) is 0 Å². The quantitative estimate of drug-likeness (QED) is 0.656. The lowest BCUT2D eigenvalue weighted by Gasteiger charge is -2.09. The predicted molar refractivity (Wildman–Crippen MR) is 83.7 cm³/mol. The Morgan fingerprint density at radius 1 is 1.30 bits per heavy atom. The second-order valence-corrected chi connectivity index (χ2v) is 5.45. The van der Waals surface area contributed by atoms with Crippen molar-refractivity contribution in [1.29, 1.82) is 0 Å². The zero-order valence-corrected chi connectivity index (χ0v) is 12.7. The van der Waals surface area contributed by atoms with Gasteiger partial charge in [0.05, 0.1) is 17.0 Å². The summed E-state index contributed by atoms with van der Waals surface area (Å²) in [6, 6.07) is 7.44. The van der Waals surface area contributed by atoms with E-state index < -0.39 is 0 Å². The number of nitrogens with zero attached hydrogens (tertiary/aromatic N) is 1. The molecule has 1 aromatic carbocycles. The van der Waals surface area contributed by atoms with Gasteiger partial charge in [-0.3, -0.25) is 9.36 Å². The average molecular weight is 292 g/mol. The molecule has 0 aliphatic rings. The molecule has 0 saturated carbocycles. The first-order chi connectivity index (χ1) is 9.59. The van der Waals surface area contributed by atoms with Gasteiger partial charge in [-0.2, -0.15) is 0 Å². The lowest BCUT2D eigenvalue weighted by Crippen LogP contribution is -2.22. The van der Waals surface area contributed by atoms with Crippen molar-refractivity contribution in [1.82, 2.24) is 9.55 Å². The van der Waals surface area contributed by atoms with Crippen LogP contribution in [0.4, 0.5) is 0 Å². The third-order valence-corrected chi connectivity index (χ3v) is 3.44. The molecule has 0 radical (unpaired) electrons. The normalized spacial score (nSPS) is 11.3. The van der Waals surface area contributed by atoms with E-state index in [0.29, 0.717) is 16.7 Å². The Labute approximate surface area is 123 Å². The molecule has 1 heterocycles. The van der Waals surface area contributed by atoms with Crippen molar-refractivity contribution in [2.75, 3.05) is 6.61 Å². The van der Waals surface area contributed by atoms with Crippen LogP contribution in [0.5, 0.6) is 0 Å². The van der Waals surface area contributed by atoms with Gasteiger partial charge in [-0.15, -0.1) is 0 Å². The van der Waals surface area contributed by atoms with Crippen molar-refractivity contribution in [3.8, 4) is 0 Å². The Morgan fingerprint density at radius 3 is 2.80 bits per heavy atom. The summed E-state index contributed by atoms with van der Waals surface area (Å²) in [4.78, 5) is 15.5. The smallest absolute Gasteiger partial charge is 0.262 e. The van der Waals surface area contributed by atoms with E-state index in [0.717, 1.165) is 25.0 Å². The molecule has 2 rings (SSSR count). The van der Waals surface area contributed by atoms with Crippen LogP contribution in [0.25, 0.3) is 10.9 Å². The van der Waals surface area contributed by atoms with Gasteiger partial charge in [-0.1, -0.05) is 12.1 Å². The minimum atomic E-state index is -0.0193. The highest BCUT2D eigenvalue weighted by Crippen LogP contribution is 2.06. The van der Waals surface area contributed by atoms with Crippen LogP contribution in [0, 0.1) is 4.77 Å². The molecule has 0 amide bonds. The number of aromatic nitrogens is 2. The maximum absolute atomic E-state index is 12.4. The number of hydrogen-bond acceptors (Lipinski definition) is 3. The van der Waals surface area contributed by atoms with Crippen LogP contribution in [0.15, 0.2) is 29.1 Å². The predicted octanol–water partition coefficient (Wildman–Crippen LogP) is 3.26. The summed E-state index contributed by atoms with van der Waals surface area (Å²) in [5.41, 5.74) is 0.774. The number of ether oxygens (including phenoxy) is 1. The van der Waals surface area contributed by atoms with E-state index in [-0.39, 0.29) is 11.7 Å². The minimum absolute atomic E-state index is 0.0193. The van der Waals surface area contributed by atoms with Gasteiger partial charge in [0.15, 0.2) is 4.77 Å². The number of hydrogen-bond donors (Lipinski definition) is 1. The number of fused-ring (bicyclic) bond motifs is 1. The first-order valence-electron chi connectivity index (χ1n) is 6.93. The van der Waals surface area contributed by atoms with Gasteiger partial charge in [-0.25, -0.2) is 0 Å². The number of unbranched alkanes of at least 4 members (excludes halogenated alkanes) is 1. The highest BCUT2D eigenvalue weighted by molar-refractivity contribution is 7.71. The number of H-pyrrole nitrogens is 1. The third kappa shape index (κ3) is 3.55. The fraction of sp³-hybridized carbons (Fsp3) is 0.467. The van der Waals surface area contributed by atoms with E-state index in [2.05, 4.69) is 4.98 Å². The molecule has 0 unspecified atom stereocenters. The Hall–Kier alpha value is -1.46. The molecule has 0 aliphatic carbocycles. The number of aromatic amines is 1. The van der Waals surface area contributed by atoms with Gasteiger partial charge in [0, 0.05) is 13.2 Å². The largest absolute Gasteiger partial charge is 0.379 e. The second kappa shape index (κ2) is 6.81. The lowest BCUT2D eigenvalue weighted by atomic mass is 10.2. The van der Waals surface area contributed by atoms with Crippen LogP contribution in [-0.2, 0) is 11.3 Å². The molecule has 0 atom stereocenters. The molecule has 5 heteroatoms. The molecule has 2 aromatic rings. The fourth-order valence-corrected chi connectivity index (χ4v) is 2.38. The second-order valence-electron chi connectivity index (χ2n) is 5.06. The van der Waals surface area contributed by atoms with Gasteiger partial charge in [-0.05, 0) is 51.0 Å². The average Bonchev–Trinajstić information content (AvgIpc) is 2.41. The maximum Gasteiger partial charge on any atom is 0.262 e. The SMILES string of the molecule is CC(C)OCCCCn1c(=S)[nH]c2ccccc2c1=O. The topological polar surface area (TPSA) is 47.0 Å². The molecule has 0 bridgehead atoms. The van der Waals surface area contributed by atoms with Crippen molar-refractivity contribution >= 4 is 23.1 Å². The van der Waals surface area contributed by atoms with Crippen LogP contribution in [0.3, 0.4) is 0 Å². The summed E-state index contributed by atoms with van der Waals surface area (Å²) in [6.45, 7) is 5.38. The van der Waals surface area contributed by atoms with Gasteiger partial charge in [0.2, 0.25) is 0 Å². The molecule has 0 spiro atoms. The van der Waals surface area contributed by atoms with Crippen LogP contribution in [0.2, 0.25) is 0 Å². The van der Waals surface area contributed by atoms with Crippen LogP contribution >= 0.6 is 12.2 Å². The molecule has 1 aromatic heterocycles. The van der Waals surface area contributed by atoms with Crippen LogP contribution in [-0.4, -0.2) is 22.3 Å². The van der Waals surface area contributed by atoms with Gasteiger partial charge in [0.25, 0.3) is 5.56 Å². The van der Waals surface area contributed by atoms with E-state index in [9.17, 15) is 4.79 Å². The van der Waals surface area contributed by atoms with Gasteiger partial charge >= 0.3 is 0 Å². The molecule has 0 fully saturated rings. The van der Waals surface area contributed by atoms with E-state index in [1.807, 2.05) is 38.1 Å². The number of benzene rings is 1. The zero-order chi connectivity index (χ0) is 14.5. The molecule has 108 valence electrons. The maximum atomic E-state index is 12.4. The summed E-state index contributed by atoms with van der Waals surface area (Å²) in [5, 5.41) is 0.680. The first kappa shape index (κ1) is 14.9. The molecular formula is C15H20N2O2S. The number of rotatable bonds is 6. The molecule has 1 N–H and O–H groups in total. The standard InChI is InChI=1S/C15H20N2O2S/c1-11(2)19-10-6-5-9-17-14(18)12-7-3-4-8-13(12)16-15(17)20/h3-4,7-8,11H,5-6,9-10H2,1-2H3,(H,16,20). The van der Waals surface area contributed by atoms with Gasteiger partial charge < -0.3 is 9.72 Å². The Balaban J connectivity index is 2.10. The molecular weight excluding hydrogens is 272 g/mol. The van der Waals surface area contributed by atoms with E-state index in [4.69, 9.17) is 17.0 Å². The summed E-state index contributed by atoms with van der Waals surface area (Å²) in [7, 11) is 0. The number of nitrogens with one attached hydrogen (secondary N) is 1. The Morgan fingerprint density at radius 2 is 2.05 bits per heavy atom. The van der Waals surface area contributed by atoms with E-state index >= 15 is 0 Å². The highest BCUT2D eigenvalue weighted by atomic mass is 32.1. The third-order valence-electron chi connectivity index (χ3n) is 3.12. The molecule has 0 aliphatic heterocycles. The monoisotopic (exact) mass is 292 g/mol. The lowest BCUT2D eigenvalue weighted by molar-refractivity contribution is 0.0754. The molecule has 0 saturated heterocycles. The van der Waals surface area contributed by atoms with Crippen molar-refractivity contribution in [3.63, 3.8) is 0 Å². The first-order valence-corrected chi connectivity index (χ1v) is 7.34. The summed E-state index contributed by atoms with van der Waals surface area (Å²) in [5.74, 6) is 0. The van der Waals surface area contributed by atoms with Crippen LogP contribution < -0.4 is 5.56 Å². The molecule has 20 heavy (non-hydrogen) atoms. The van der Waals surface area contributed by atoms with Crippen LogP contribution in [0.1, 0.15) is 26.7 Å². The highest BCUT2D eigenvalue weighted by Gasteiger charge is 2.04. The van der Waals surface area contributed by atoms with Crippen molar-refractivity contribution < 1.29 is 4.74 Å². The summed E-state index contributed by atoms with van der Waals surface area (Å²) >= 11 is 5.26. The molecule has 4 nitrogen and oxygen atoms in total. The van der Waals surface area contributed by atoms with E-state index in [1.165, 1.54) is 0 Å². The fourth-order valence-electron chi connectivity index (χ4n) is 2.09. The summed E-state index contributed by atoms with van der Waals surface area (Å²) in [6.07, 6.45) is 2.05. The van der Waals surface area contributed by atoms with Gasteiger partial charge in [0.1, 0.15) is 0 Å². The van der Waals surface area contributed by atoms with Crippen molar-refractivity contribution in [3.05, 3.63) is 39.4 Å². The zero-order valence-electron chi connectivity index (χ0n) is 11.9. The van der Waals surface area contributed by atoms with Crippen molar-refractivity contribution in [2.45, 2.75) is 39.3 Å². The Kier molecular flexibility index (Phi) is 5.09. The summed E-state index contributed by atoms with van der Waals surface area (Å²) < 4.78 is 7.61. The Bertz CT molecular complexity index is 688. The number of para-hydroxylation sites is 1. The minimum Gasteiger partial charge on any atom is -0.379 e. The van der Waals surface area contributed by atoms with E-state index in [1.54, 1.807) is 4.57 Å².